The number of aromatic amines is 1. The minimum Gasteiger partial charge on any atom is -0.351 e. The van der Waals surface area contributed by atoms with Crippen molar-refractivity contribution in [3.8, 4) is 11.3 Å². The molecule has 1 aromatic heterocycles. The molecule has 0 aliphatic carbocycles. The van der Waals surface area contributed by atoms with Crippen molar-refractivity contribution in [3.05, 3.63) is 48.2 Å². The van der Waals surface area contributed by atoms with Crippen LogP contribution >= 0.6 is 0 Å². The van der Waals surface area contributed by atoms with E-state index in [4.69, 9.17) is 0 Å². The molecule has 4 nitrogen and oxygen atoms in total. The first-order valence-electron chi connectivity index (χ1n) is 7.90. The van der Waals surface area contributed by atoms with Gasteiger partial charge in [0, 0.05) is 12.2 Å². The summed E-state index contributed by atoms with van der Waals surface area (Å²) in [6.07, 6.45) is 2.21. The maximum absolute atomic E-state index is 12.3. The number of amides is 1. The third-order valence-electron chi connectivity index (χ3n) is 4.50. The molecule has 1 fully saturated rings. The highest BCUT2D eigenvalue weighted by Crippen LogP contribution is 2.26. The van der Waals surface area contributed by atoms with E-state index >= 15 is 0 Å². The maximum Gasteiger partial charge on any atom is 0.267 e. The average molecular weight is 297 g/mol. The number of carbonyl (C=O) groups excluding carboxylic acids is 1. The van der Waals surface area contributed by atoms with E-state index in [0.29, 0.717) is 5.69 Å². The van der Waals surface area contributed by atoms with Gasteiger partial charge in [-0.2, -0.15) is 0 Å². The van der Waals surface area contributed by atoms with Gasteiger partial charge in [0.15, 0.2) is 0 Å². The lowest BCUT2D eigenvalue weighted by molar-refractivity contribution is 0.0918. The van der Waals surface area contributed by atoms with Crippen molar-refractivity contribution in [2.75, 3.05) is 19.6 Å². The summed E-state index contributed by atoms with van der Waals surface area (Å²) < 4.78 is 0. The molecule has 4 heteroatoms. The van der Waals surface area contributed by atoms with Crippen molar-refractivity contribution in [2.24, 2.45) is 5.41 Å². The van der Waals surface area contributed by atoms with E-state index in [9.17, 15) is 4.79 Å². The van der Waals surface area contributed by atoms with Crippen LogP contribution in [0.15, 0.2) is 42.5 Å². The van der Waals surface area contributed by atoms with E-state index in [0.717, 1.165) is 43.7 Å². The zero-order chi connectivity index (χ0) is 15.4. The van der Waals surface area contributed by atoms with Crippen molar-refractivity contribution < 1.29 is 4.79 Å². The van der Waals surface area contributed by atoms with Gasteiger partial charge in [-0.3, -0.25) is 4.79 Å². The van der Waals surface area contributed by atoms with Crippen molar-refractivity contribution in [1.82, 2.24) is 15.6 Å². The van der Waals surface area contributed by atoms with Crippen LogP contribution in [0.5, 0.6) is 0 Å². The molecular weight excluding hydrogens is 274 g/mol. The molecule has 0 bridgehead atoms. The van der Waals surface area contributed by atoms with Gasteiger partial charge >= 0.3 is 0 Å². The zero-order valence-electron chi connectivity index (χ0n) is 13.0. The molecule has 2 heterocycles. The quantitative estimate of drug-likeness (QED) is 0.813. The molecule has 0 saturated carbocycles. The van der Waals surface area contributed by atoms with E-state index in [2.05, 4.69) is 22.5 Å². The molecule has 22 heavy (non-hydrogen) atoms. The van der Waals surface area contributed by atoms with Crippen molar-refractivity contribution in [2.45, 2.75) is 19.8 Å². The summed E-state index contributed by atoms with van der Waals surface area (Å²) >= 11 is 0. The number of hydrogen-bond donors (Lipinski definition) is 3. The fourth-order valence-corrected chi connectivity index (χ4v) is 2.91. The average Bonchev–Trinajstić information content (AvgIpc) is 3.04. The fraction of sp³-hybridized carbons (Fsp3) is 0.389. The Hall–Kier alpha value is -2.07. The van der Waals surface area contributed by atoms with Gasteiger partial charge in [-0.05, 0) is 49.0 Å². The van der Waals surface area contributed by atoms with Crippen LogP contribution in [0.2, 0.25) is 0 Å². The highest BCUT2D eigenvalue weighted by atomic mass is 16.1. The lowest BCUT2D eigenvalue weighted by atomic mass is 9.81. The number of hydrogen-bond acceptors (Lipinski definition) is 2. The van der Waals surface area contributed by atoms with Gasteiger partial charge in [0.05, 0.1) is 0 Å². The molecule has 1 aliphatic rings. The Morgan fingerprint density at radius 2 is 1.86 bits per heavy atom. The second-order valence-corrected chi connectivity index (χ2v) is 6.40. The highest BCUT2D eigenvalue weighted by molar-refractivity contribution is 5.93. The van der Waals surface area contributed by atoms with E-state index in [1.807, 2.05) is 42.5 Å². The predicted octanol–water partition coefficient (Wildman–Crippen LogP) is 2.80. The van der Waals surface area contributed by atoms with Gasteiger partial charge < -0.3 is 15.6 Å². The molecule has 2 aromatic rings. The highest BCUT2D eigenvalue weighted by Gasteiger charge is 2.27. The van der Waals surface area contributed by atoms with Gasteiger partial charge in [0.25, 0.3) is 5.91 Å². The Morgan fingerprint density at radius 1 is 1.14 bits per heavy atom. The van der Waals surface area contributed by atoms with E-state index in [1.54, 1.807) is 0 Å². The maximum atomic E-state index is 12.3. The summed E-state index contributed by atoms with van der Waals surface area (Å²) in [5.41, 5.74) is 2.89. The number of nitrogens with one attached hydrogen (secondary N) is 3. The zero-order valence-corrected chi connectivity index (χ0v) is 13.0. The molecule has 3 N–H and O–H groups in total. The van der Waals surface area contributed by atoms with Crippen LogP contribution in [0.1, 0.15) is 30.3 Å². The van der Waals surface area contributed by atoms with Crippen LogP contribution in [0.3, 0.4) is 0 Å². The molecule has 3 rings (SSSR count). The minimum atomic E-state index is -0.0260. The van der Waals surface area contributed by atoms with E-state index < -0.39 is 0 Å². The van der Waals surface area contributed by atoms with Crippen LogP contribution in [0.25, 0.3) is 11.3 Å². The lowest BCUT2D eigenvalue weighted by Gasteiger charge is -2.34. The Balaban J connectivity index is 1.62. The summed E-state index contributed by atoms with van der Waals surface area (Å²) in [5, 5.41) is 6.44. The third-order valence-corrected chi connectivity index (χ3v) is 4.50. The molecule has 0 radical (unpaired) electrons. The SMILES string of the molecule is CC1(CNC(=O)c2ccc(-c3ccccc3)[nH]2)CCNCC1. The molecule has 116 valence electrons. The summed E-state index contributed by atoms with van der Waals surface area (Å²) in [4.78, 5) is 15.5. The largest absolute Gasteiger partial charge is 0.351 e. The van der Waals surface area contributed by atoms with Gasteiger partial charge in [0.2, 0.25) is 0 Å². The molecule has 0 atom stereocenters. The molecule has 1 amide bonds. The smallest absolute Gasteiger partial charge is 0.267 e. The third kappa shape index (κ3) is 3.39. The molecular formula is C18H23N3O. The lowest BCUT2D eigenvalue weighted by Crippen LogP contribution is -2.42. The number of rotatable bonds is 4. The number of carbonyl (C=O) groups is 1. The number of aromatic nitrogens is 1. The molecule has 0 unspecified atom stereocenters. The van der Waals surface area contributed by atoms with Crippen LogP contribution in [0, 0.1) is 5.41 Å². The van der Waals surface area contributed by atoms with Crippen LogP contribution < -0.4 is 10.6 Å². The van der Waals surface area contributed by atoms with Gasteiger partial charge in [0.1, 0.15) is 5.69 Å². The summed E-state index contributed by atoms with van der Waals surface area (Å²) in [5.74, 6) is -0.0260. The van der Waals surface area contributed by atoms with Crippen molar-refractivity contribution >= 4 is 5.91 Å². The Bertz CT molecular complexity index is 627. The second-order valence-electron chi connectivity index (χ2n) is 6.40. The first kappa shape index (κ1) is 14.9. The number of piperidine rings is 1. The van der Waals surface area contributed by atoms with Gasteiger partial charge in [-0.15, -0.1) is 0 Å². The molecule has 0 spiro atoms. The number of H-pyrrole nitrogens is 1. The van der Waals surface area contributed by atoms with E-state index in [1.165, 1.54) is 0 Å². The minimum absolute atomic E-state index is 0.0260. The van der Waals surface area contributed by atoms with Crippen LogP contribution in [0.4, 0.5) is 0 Å². The van der Waals surface area contributed by atoms with Crippen LogP contribution in [-0.4, -0.2) is 30.5 Å². The summed E-state index contributed by atoms with van der Waals surface area (Å²) in [6.45, 7) is 5.05. The van der Waals surface area contributed by atoms with Gasteiger partial charge in [-0.1, -0.05) is 37.3 Å². The van der Waals surface area contributed by atoms with Gasteiger partial charge in [-0.25, -0.2) is 0 Å². The predicted molar refractivity (Wildman–Crippen MR) is 88.8 cm³/mol. The van der Waals surface area contributed by atoms with Crippen molar-refractivity contribution in [3.63, 3.8) is 0 Å². The van der Waals surface area contributed by atoms with E-state index in [-0.39, 0.29) is 11.3 Å². The topological polar surface area (TPSA) is 56.9 Å². The normalized spacial score (nSPS) is 17.1. The first-order valence-corrected chi connectivity index (χ1v) is 7.90. The second kappa shape index (κ2) is 6.36. The van der Waals surface area contributed by atoms with Crippen LogP contribution in [-0.2, 0) is 0 Å². The summed E-state index contributed by atoms with van der Waals surface area (Å²) in [7, 11) is 0. The summed E-state index contributed by atoms with van der Waals surface area (Å²) in [6, 6.07) is 13.8. The Labute approximate surface area is 131 Å². The number of benzene rings is 1. The molecule has 1 saturated heterocycles. The standard InChI is InChI=1S/C18H23N3O/c1-18(9-11-19-12-10-18)13-20-17(22)16-8-7-15(21-16)14-5-3-2-4-6-14/h2-8,19,21H,9-13H2,1H3,(H,20,22). The Morgan fingerprint density at radius 3 is 2.59 bits per heavy atom. The Kier molecular flexibility index (Phi) is 4.29. The first-order chi connectivity index (χ1) is 10.7. The monoisotopic (exact) mass is 297 g/mol. The molecule has 1 aromatic carbocycles. The fourth-order valence-electron chi connectivity index (χ4n) is 2.91. The molecule has 1 aliphatic heterocycles. The van der Waals surface area contributed by atoms with Crippen molar-refractivity contribution in [1.29, 1.82) is 0 Å².